The quantitative estimate of drug-likeness (QED) is 0.719. The maximum absolute atomic E-state index is 12.9. The van der Waals surface area contributed by atoms with Gasteiger partial charge in [0.2, 0.25) is 0 Å². The molecule has 1 N–H and O–H groups in total. The zero-order valence-electron chi connectivity index (χ0n) is 7.20. The van der Waals surface area contributed by atoms with Gasteiger partial charge < -0.3 is 5.32 Å². The fourth-order valence-corrected chi connectivity index (χ4v) is 1.16. The van der Waals surface area contributed by atoms with E-state index in [4.69, 9.17) is 18.0 Å². The lowest BCUT2D eigenvalue weighted by molar-refractivity contribution is 0.619. The molecule has 1 nitrogen and oxygen atoms in total. The first kappa shape index (κ1) is 9.88. The van der Waals surface area contributed by atoms with E-state index in [-0.39, 0.29) is 5.82 Å². The minimum absolute atomic E-state index is 0.309. The van der Waals surface area contributed by atoms with E-state index in [1.54, 1.807) is 13.0 Å². The fraction of sp³-hybridized carbons (Fsp3) is 0.200. The van der Waals surface area contributed by atoms with E-state index >= 15 is 0 Å². The molecule has 1 aromatic carbocycles. The third-order valence-electron chi connectivity index (χ3n) is 1.63. The predicted octanol–water partition coefficient (Wildman–Crippen LogP) is 2.83. The number of rotatable bonds is 2. The van der Waals surface area contributed by atoms with Crippen LogP contribution in [-0.2, 0) is 0 Å². The van der Waals surface area contributed by atoms with Crippen molar-refractivity contribution in [1.82, 2.24) is 0 Å². The van der Waals surface area contributed by atoms with Gasteiger partial charge in [-0.25, -0.2) is 4.39 Å². The number of nitrogens with one attached hydrogen (secondary N) is 1. The molecule has 0 saturated heterocycles. The van der Waals surface area contributed by atoms with Crippen molar-refractivity contribution in [2.45, 2.75) is 6.92 Å². The van der Waals surface area contributed by atoms with Crippen LogP contribution in [0.5, 0.6) is 0 Å². The predicted molar refractivity (Wildman–Crippen MR) is 53.5 cm³/mol. The van der Waals surface area contributed by atoms with Gasteiger partial charge in [-0.1, -0.05) is 17.5 Å². The first-order chi connectivity index (χ1) is 6.15. The zero-order valence-corrected chi connectivity index (χ0v) is 7.95. The van der Waals surface area contributed by atoms with Gasteiger partial charge in [0.15, 0.2) is 0 Å². The van der Waals surface area contributed by atoms with E-state index < -0.39 is 0 Å². The molecule has 3 heteroatoms. The molecule has 0 amide bonds. The SMILES string of the molecule is C#CCNc1cc(C)c(F)cc1Cl. The van der Waals surface area contributed by atoms with Gasteiger partial charge in [-0.15, -0.1) is 6.42 Å². The van der Waals surface area contributed by atoms with Crippen molar-refractivity contribution in [3.63, 3.8) is 0 Å². The van der Waals surface area contributed by atoms with Crippen molar-refractivity contribution in [1.29, 1.82) is 0 Å². The largest absolute Gasteiger partial charge is 0.373 e. The molecule has 0 aliphatic heterocycles. The topological polar surface area (TPSA) is 12.0 Å². The summed E-state index contributed by atoms with van der Waals surface area (Å²) in [5.41, 5.74) is 1.21. The van der Waals surface area contributed by atoms with Gasteiger partial charge >= 0.3 is 0 Å². The Labute approximate surface area is 81.9 Å². The molecule has 0 radical (unpaired) electrons. The highest BCUT2D eigenvalue weighted by atomic mass is 35.5. The first-order valence-corrected chi connectivity index (χ1v) is 4.16. The third kappa shape index (κ3) is 2.37. The summed E-state index contributed by atoms with van der Waals surface area (Å²) in [5, 5.41) is 3.24. The van der Waals surface area contributed by atoms with Gasteiger partial charge in [-0.05, 0) is 24.6 Å². The molecule has 0 heterocycles. The molecule has 0 unspecified atom stereocenters. The second-order valence-electron chi connectivity index (χ2n) is 2.64. The summed E-state index contributed by atoms with van der Waals surface area (Å²) in [4.78, 5) is 0. The highest BCUT2D eigenvalue weighted by Gasteiger charge is 2.03. The smallest absolute Gasteiger partial charge is 0.127 e. The van der Waals surface area contributed by atoms with Crippen molar-refractivity contribution in [3.05, 3.63) is 28.5 Å². The summed E-state index contributed by atoms with van der Waals surface area (Å²) >= 11 is 5.77. The minimum Gasteiger partial charge on any atom is -0.373 e. The number of hydrogen-bond donors (Lipinski definition) is 1. The second kappa shape index (κ2) is 4.15. The number of terminal acetylenes is 1. The molecule has 68 valence electrons. The summed E-state index contributed by atoms with van der Waals surface area (Å²) < 4.78 is 12.9. The number of halogens is 2. The highest BCUT2D eigenvalue weighted by Crippen LogP contribution is 2.24. The number of anilines is 1. The fourth-order valence-electron chi connectivity index (χ4n) is 0.939. The molecule has 0 fully saturated rings. The summed E-state index contributed by atoms with van der Waals surface area (Å²) in [6, 6.07) is 2.91. The molecule has 0 saturated carbocycles. The summed E-state index contributed by atoms with van der Waals surface area (Å²) in [6.07, 6.45) is 5.06. The van der Waals surface area contributed by atoms with Crippen molar-refractivity contribution in [2.75, 3.05) is 11.9 Å². The Morgan fingerprint density at radius 1 is 1.62 bits per heavy atom. The minimum atomic E-state index is -0.309. The number of aryl methyl sites for hydroxylation is 1. The second-order valence-corrected chi connectivity index (χ2v) is 3.05. The molecular weight excluding hydrogens is 189 g/mol. The molecule has 13 heavy (non-hydrogen) atoms. The van der Waals surface area contributed by atoms with Gasteiger partial charge in [0, 0.05) is 0 Å². The van der Waals surface area contributed by atoms with Crippen molar-refractivity contribution >= 4 is 17.3 Å². The van der Waals surface area contributed by atoms with E-state index in [1.165, 1.54) is 6.07 Å². The molecule has 1 rings (SSSR count). The first-order valence-electron chi connectivity index (χ1n) is 3.78. The standard InChI is InChI=1S/C10H9ClFN/c1-3-4-13-10-5-7(2)9(12)6-8(10)11/h1,5-6,13H,4H2,2H3. The zero-order chi connectivity index (χ0) is 9.84. The van der Waals surface area contributed by atoms with Gasteiger partial charge in [0.25, 0.3) is 0 Å². The maximum Gasteiger partial charge on any atom is 0.127 e. The van der Waals surface area contributed by atoms with Crippen LogP contribution in [0.2, 0.25) is 5.02 Å². The molecule has 0 aromatic heterocycles. The van der Waals surface area contributed by atoms with Crippen LogP contribution in [0.3, 0.4) is 0 Å². The summed E-state index contributed by atoms with van der Waals surface area (Å²) in [6.45, 7) is 2.05. The molecule has 0 aliphatic rings. The average Bonchev–Trinajstić information content (AvgIpc) is 2.09. The van der Waals surface area contributed by atoms with Crippen molar-refractivity contribution in [3.8, 4) is 12.3 Å². The normalized spacial score (nSPS) is 9.38. The van der Waals surface area contributed by atoms with E-state index in [0.29, 0.717) is 22.8 Å². The Balaban J connectivity index is 2.96. The van der Waals surface area contributed by atoms with Crippen LogP contribution in [0, 0.1) is 25.1 Å². The lowest BCUT2D eigenvalue weighted by Crippen LogP contribution is -2.00. The lowest BCUT2D eigenvalue weighted by Gasteiger charge is -2.06. The van der Waals surface area contributed by atoms with Crippen LogP contribution in [0.25, 0.3) is 0 Å². The van der Waals surface area contributed by atoms with Gasteiger partial charge in [-0.3, -0.25) is 0 Å². The van der Waals surface area contributed by atoms with E-state index in [1.807, 2.05) is 0 Å². The van der Waals surface area contributed by atoms with Crippen molar-refractivity contribution < 1.29 is 4.39 Å². The average molecular weight is 198 g/mol. The van der Waals surface area contributed by atoms with Gasteiger partial charge in [-0.2, -0.15) is 0 Å². The molecule has 0 spiro atoms. The van der Waals surface area contributed by atoms with Crippen molar-refractivity contribution in [2.24, 2.45) is 0 Å². The monoisotopic (exact) mass is 197 g/mol. The lowest BCUT2D eigenvalue weighted by atomic mass is 10.2. The van der Waals surface area contributed by atoms with Crippen LogP contribution < -0.4 is 5.32 Å². The maximum atomic E-state index is 12.9. The third-order valence-corrected chi connectivity index (χ3v) is 1.94. The van der Waals surface area contributed by atoms with Crippen LogP contribution in [0.4, 0.5) is 10.1 Å². The Morgan fingerprint density at radius 2 is 2.31 bits per heavy atom. The van der Waals surface area contributed by atoms with Crippen LogP contribution in [-0.4, -0.2) is 6.54 Å². The molecule has 1 aromatic rings. The Morgan fingerprint density at radius 3 is 2.92 bits per heavy atom. The highest BCUT2D eigenvalue weighted by molar-refractivity contribution is 6.33. The Hall–Kier alpha value is -1.20. The number of hydrogen-bond acceptors (Lipinski definition) is 1. The van der Waals surface area contributed by atoms with Crippen LogP contribution in [0.1, 0.15) is 5.56 Å². The Kier molecular flexibility index (Phi) is 3.16. The van der Waals surface area contributed by atoms with Crippen LogP contribution in [0.15, 0.2) is 12.1 Å². The number of benzene rings is 1. The van der Waals surface area contributed by atoms with E-state index in [0.717, 1.165) is 0 Å². The Bertz CT molecular complexity index is 355. The van der Waals surface area contributed by atoms with E-state index in [9.17, 15) is 4.39 Å². The summed E-state index contributed by atoms with van der Waals surface area (Å²) in [7, 11) is 0. The van der Waals surface area contributed by atoms with E-state index in [2.05, 4.69) is 11.2 Å². The molecule has 0 atom stereocenters. The van der Waals surface area contributed by atoms with Gasteiger partial charge in [0.05, 0.1) is 17.3 Å². The van der Waals surface area contributed by atoms with Gasteiger partial charge in [0.1, 0.15) is 5.82 Å². The van der Waals surface area contributed by atoms with Crippen LogP contribution >= 0.6 is 11.6 Å². The molecule has 0 aliphatic carbocycles. The molecular formula is C10H9ClFN. The summed E-state index contributed by atoms with van der Waals surface area (Å²) in [5.74, 6) is 2.10. The molecule has 0 bridgehead atoms.